The summed E-state index contributed by atoms with van der Waals surface area (Å²) in [5.41, 5.74) is 0.571. The van der Waals surface area contributed by atoms with Gasteiger partial charge in [0.2, 0.25) is 0 Å². The van der Waals surface area contributed by atoms with Crippen molar-refractivity contribution < 1.29 is 4.79 Å². The van der Waals surface area contributed by atoms with Gasteiger partial charge in [-0.25, -0.2) is 4.98 Å². The fraction of sp³-hybridized carbons (Fsp3) is 0.571. The van der Waals surface area contributed by atoms with Crippen LogP contribution in [-0.4, -0.2) is 16.9 Å². The molecule has 3 nitrogen and oxygen atoms in total. The van der Waals surface area contributed by atoms with Crippen LogP contribution in [0.2, 0.25) is 5.15 Å². The standard InChI is InChI=1S/C14H19ClN2O/c1-10(11-5-3-2-4-6-11)17-14(18)12-7-8-13(15)16-9-12/h7-11H,2-6H2,1H3,(H,17,18)/t10-/m1/s1. The molecule has 0 unspecified atom stereocenters. The van der Waals surface area contributed by atoms with Gasteiger partial charge in [-0.1, -0.05) is 30.9 Å². The summed E-state index contributed by atoms with van der Waals surface area (Å²) >= 11 is 5.70. The number of carbonyl (C=O) groups is 1. The van der Waals surface area contributed by atoms with Gasteiger partial charge in [-0.3, -0.25) is 4.79 Å². The molecule has 0 bridgehead atoms. The third-order valence-corrected chi connectivity index (χ3v) is 3.93. The van der Waals surface area contributed by atoms with Crippen molar-refractivity contribution in [3.63, 3.8) is 0 Å². The molecule has 1 aliphatic rings. The van der Waals surface area contributed by atoms with Crippen LogP contribution in [0.4, 0.5) is 0 Å². The number of hydrogen-bond donors (Lipinski definition) is 1. The van der Waals surface area contributed by atoms with E-state index in [0.717, 1.165) is 0 Å². The molecule has 1 heterocycles. The number of rotatable bonds is 3. The Morgan fingerprint density at radius 1 is 1.39 bits per heavy atom. The van der Waals surface area contributed by atoms with Crippen LogP contribution in [0.5, 0.6) is 0 Å². The Kier molecular flexibility index (Phi) is 4.59. The molecule has 4 heteroatoms. The summed E-state index contributed by atoms with van der Waals surface area (Å²) in [5, 5.41) is 3.47. The summed E-state index contributed by atoms with van der Waals surface area (Å²) in [6.45, 7) is 2.09. The van der Waals surface area contributed by atoms with Gasteiger partial charge in [0.1, 0.15) is 5.15 Å². The average Bonchev–Trinajstić information content (AvgIpc) is 2.40. The number of amides is 1. The Bertz CT molecular complexity index is 399. The quantitative estimate of drug-likeness (QED) is 0.852. The van der Waals surface area contributed by atoms with E-state index in [-0.39, 0.29) is 11.9 Å². The average molecular weight is 267 g/mol. The molecule has 0 spiro atoms. The molecule has 0 saturated heterocycles. The fourth-order valence-electron chi connectivity index (χ4n) is 2.55. The minimum Gasteiger partial charge on any atom is -0.349 e. The lowest BCUT2D eigenvalue weighted by Crippen LogP contribution is -2.38. The van der Waals surface area contributed by atoms with E-state index in [2.05, 4.69) is 17.2 Å². The molecular weight excluding hydrogens is 248 g/mol. The molecule has 0 aliphatic heterocycles. The lowest BCUT2D eigenvalue weighted by molar-refractivity contribution is 0.0919. The molecule has 1 amide bonds. The third kappa shape index (κ3) is 3.45. The molecule has 1 aromatic rings. The number of pyridine rings is 1. The van der Waals surface area contributed by atoms with Crippen LogP contribution in [0.1, 0.15) is 49.4 Å². The molecule has 2 rings (SSSR count). The van der Waals surface area contributed by atoms with E-state index in [1.54, 1.807) is 12.1 Å². The lowest BCUT2D eigenvalue weighted by Gasteiger charge is -2.28. The van der Waals surface area contributed by atoms with Crippen molar-refractivity contribution in [1.29, 1.82) is 0 Å². The summed E-state index contributed by atoms with van der Waals surface area (Å²) in [6, 6.07) is 3.58. The largest absolute Gasteiger partial charge is 0.349 e. The van der Waals surface area contributed by atoms with Gasteiger partial charge in [-0.15, -0.1) is 0 Å². The second-order valence-electron chi connectivity index (χ2n) is 5.03. The number of carbonyl (C=O) groups excluding carboxylic acids is 1. The monoisotopic (exact) mass is 266 g/mol. The first-order valence-corrected chi connectivity index (χ1v) is 6.97. The highest BCUT2D eigenvalue weighted by molar-refractivity contribution is 6.29. The minimum absolute atomic E-state index is 0.0581. The molecule has 1 aromatic heterocycles. The van der Waals surface area contributed by atoms with Crippen molar-refractivity contribution in [2.45, 2.75) is 45.1 Å². The van der Waals surface area contributed by atoms with Crippen LogP contribution in [0, 0.1) is 5.92 Å². The van der Waals surface area contributed by atoms with Crippen molar-refractivity contribution in [1.82, 2.24) is 10.3 Å². The predicted molar refractivity (Wildman–Crippen MR) is 72.8 cm³/mol. The third-order valence-electron chi connectivity index (χ3n) is 3.71. The van der Waals surface area contributed by atoms with Crippen molar-refractivity contribution >= 4 is 17.5 Å². The summed E-state index contributed by atoms with van der Waals surface area (Å²) in [7, 11) is 0. The highest BCUT2D eigenvalue weighted by Gasteiger charge is 2.21. The molecule has 1 aliphatic carbocycles. The van der Waals surface area contributed by atoms with E-state index in [9.17, 15) is 4.79 Å². The molecular formula is C14H19ClN2O. The molecule has 18 heavy (non-hydrogen) atoms. The second kappa shape index (κ2) is 6.19. The first-order valence-electron chi connectivity index (χ1n) is 6.59. The van der Waals surface area contributed by atoms with E-state index < -0.39 is 0 Å². The zero-order valence-corrected chi connectivity index (χ0v) is 11.4. The highest BCUT2D eigenvalue weighted by atomic mass is 35.5. The topological polar surface area (TPSA) is 42.0 Å². The predicted octanol–water partition coefficient (Wildman–Crippen LogP) is 3.43. The van der Waals surface area contributed by atoms with Crippen LogP contribution >= 0.6 is 11.6 Å². The Morgan fingerprint density at radius 2 is 2.11 bits per heavy atom. The summed E-state index contributed by atoms with van der Waals surface area (Å²) in [5.74, 6) is 0.556. The fourth-order valence-corrected chi connectivity index (χ4v) is 2.66. The van der Waals surface area contributed by atoms with E-state index in [4.69, 9.17) is 11.6 Å². The molecule has 1 saturated carbocycles. The maximum Gasteiger partial charge on any atom is 0.253 e. The van der Waals surface area contributed by atoms with Crippen molar-refractivity contribution in [2.24, 2.45) is 5.92 Å². The van der Waals surface area contributed by atoms with Gasteiger partial charge in [0.05, 0.1) is 5.56 Å². The first kappa shape index (κ1) is 13.3. The van der Waals surface area contributed by atoms with E-state index in [1.165, 1.54) is 38.3 Å². The molecule has 98 valence electrons. The van der Waals surface area contributed by atoms with Gasteiger partial charge < -0.3 is 5.32 Å². The Labute approximate surface area is 113 Å². The van der Waals surface area contributed by atoms with Crippen LogP contribution in [0.3, 0.4) is 0 Å². The van der Waals surface area contributed by atoms with Gasteiger partial charge in [-0.05, 0) is 37.8 Å². The van der Waals surface area contributed by atoms with Crippen LogP contribution < -0.4 is 5.32 Å². The van der Waals surface area contributed by atoms with Crippen molar-refractivity contribution in [3.05, 3.63) is 29.0 Å². The number of hydrogen-bond acceptors (Lipinski definition) is 2. The van der Waals surface area contributed by atoms with Gasteiger partial charge >= 0.3 is 0 Å². The number of halogens is 1. The van der Waals surface area contributed by atoms with Gasteiger partial charge in [-0.2, -0.15) is 0 Å². The molecule has 1 fully saturated rings. The normalized spacial score (nSPS) is 18.3. The van der Waals surface area contributed by atoms with Crippen molar-refractivity contribution in [2.75, 3.05) is 0 Å². The summed E-state index contributed by atoms with van der Waals surface area (Å²) < 4.78 is 0. The van der Waals surface area contributed by atoms with E-state index in [0.29, 0.717) is 16.6 Å². The molecule has 0 radical (unpaired) electrons. The molecule has 1 atom stereocenters. The SMILES string of the molecule is C[C@@H](NC(=O)c1ccc(Cl)nc1)C1CCCCC1. The van der Waals surface area contributed by atoms with E-state index in [1.807, 2.05) is 0 Å². The van der Waals surface area contributed by atoms with Crippen LogP contribution in [0.15, 0.2) is 18.3 Å². The lowest BCUT2D eigenvalue weighted by atomic mass is 9.84. The maximum absolute atomic E-state index is 12.0. The number of nitrogens with one attached hydrogen (secondary N) is 1. The Morgan fingerprint density at radius 3 is 2.72 bits per heavy atom. The Hall–Kier alpha value is -1.09. The van der Waals surface area contributed by atoms with Gasteiger partial charge in [0, 0.05) is 12.2 Å². The maximum atomic E-state index is 12.0. The molecule has 0 aromatic carbocycles. The zero-order valence-electron chi connectivity index (χ0n) is 10.7. The molecule has 1 N–H and O–H groups in total. The van der Waals surface area contributed by atoms with Gasteiger partial charge in [0.25, 0.3) is 5.91 Å². The van der Waals surface area contributed by atoms with Gasteiger partial charge in [0.15, 0.2) is 0 Å². The number of nitrogens with zero attached hydrogens (tertiary/aromatic N) is 1. The van der Waals surface area contributed by atoms with E-state index >= 15 is 0 Å². The highest BCUT2D eigenvalue weighted by Crippen LogP contribution is 2.26. The first-order chi connectivity index (χ1) is 8.66. The zero-order chi connectivity index (χ0) is 13.0. The Balaban J connectivity index is 1.91. The van der Waals surface area contributed by atoms with Crippen molar-refractivity contribution in [3.8, 4) is 0 Å². The van der Waals surface area contributed by atoms with Crippen LogP contribution in [-0.2, 0) is 0 Å². The smallest absolute Gasteiger partial charge is 0.253 e. The minimum atomic E-state index is -0.0581. The summed E-state index contributed by atoms with van der Waals surface area (Å²) in [6.07, 6.45) is 7.87. The number of aromatic nitrogens is 1. The second-order valence-corrected chi connectivity index (χ2v) is 5.42. The summed E-state index contributed by atoms with van der Waals surface area (Å²) in [4.78, 5) is 15.9. The van der Waals surface area contributed by atoms with Crippen LogP contribution in [0.25, 0.3) is 0 Å².